The van der Waals surface area contributed by atoms with Crippen molar-refractivity contribution in [3.8, 4) is 5.75 Å². The molecule has 0 atom stereocenters. The van der Waals surface area contributed by atoms with Gasteiger partial charge in [-0.05, 0) is 35.9 Å². The molecule has 2 aromatic carbocycles. The van der Waals surface area contributed by atoms with Crippen LogP contribution in [0.2, 0.25) is 5.02 Å². The van der Waals surface area contributed by atoms with Crippen LogP contribution in [0.25, 0.3) is 0 Å². The molecule has 2 aromatic rings. The van der Waals surface area contributed by atoms with Gasteiger partial charge in [0.25, 0.3) is 0 Å². The minimum atomic E-state index is -0.289. The number of benzene rings is 2. The monoisotopic (exact) mass is 295 g/mol. The summed E-state index contributed by atoms with van der Waals surface area (Å²) < 4.78 is 18.5. The summed E-state index contributed by atoms with van der Waals surface area (Å²) in [4.78, 5) is 0.238. The van der Waals surface area contributed by atoms with Gasteiger partial charge < -0.3 is 10.5 Å². The zero-order valence-electron chi connectivity index (χ0n) is 9.90. The second kappa shape index (κ2) is 5.99. The van der Waals surface area contributed by atoms with E-state index >= 15 is 0 Å². The number of hydrogen-bond acceptors (Lipinski definition) is 2. The lowest BCUT2D eigenvalue weighted by atomic mass is 10.2. The highest BCUT2D eigenvalue weighted by molar-refractivity contribution is 7.80. The second-order valence-corrected chi connectivity index (χ2v) is 4.77. The van der Waals surface area contributed by atoms with E-state index in [9.17, 15) is 4.39 Å². The van der Waals surface area contributed by atoms with Gasteiger partial charge in [0.1, 0.15) is 23.2 Å². The maximum absolute atomic E-state index is 13.0. The number of thiocarbonyl (C=S) groups is 1. The first-order valence-corrected chi connectivity index (χ1v) is 6.31. The average Bonchev–Trinajstić information content (AvgIpc) is 2.36. The lowest BCUT2D eigenvalue weighted by Gasteiger charge is -2.08. The van der Waals surface area contributed by atoms with E-state index in [0.29, 0.717) is 16.3 Å². The van der Waals surface area contributed by atoms with E-state index in [4.69, 9.17) is 34.3 Å². The molecule has 0 aliphatic carbocycles. The minimum absolute atomic E-state index is 0.238. The highest BCUT2D eigenvalue weighted by Crippen LogP contribution is 2.23. The van der Waals surface area contributed by atoms with Gasteiger partial charge in [-0.15, -0.1) is 0 Å². The molecule has 19 heavy (non-hydrogen) atoms. The standard InChI is InChI=1S/C14H11ClFNOS/c15-13-7-11(4-5-12(13)14(17)19)18-8-9-2-1-3-10(16)6-9/h1-7H,8H2,(H2,17,19). The number of halogens is 2. The molecule has 5 heteroatoms. The molecule has 0 unspecified atom stereocenters. The van der Waals surface area contributed by atoms with Crippen LogP contribution in [0.4, 0.5) is 4.39 Å². The van der Waals surface area contributed by atoms with E-state index in [1.54, 1.807) is 30.3 Å². The summed E-state index contributed by atoms with van der Waals surface area (Å²) in [6, 6.07) is 11.3. The Morgan fingerprint density at radius 3 is 2.68 bits per heavy atom. The van der Waals surface area contributed by atoms with Crippen molar-refractivity contribution in [2.45, 2.75) is 6.61 Å². The van der Waals surface area contributed by atoms with Crippen LogP contribution in [0.15, 0.2) is 42.5 Å². The van der Waals surface area contributed by atoms with Crippen molar-refractivity contribution in [3.63, 3.8) is 0 Å². The molecule has 0 bridgehead atoms. The fraction of sp³-hybridized carbons (Fsp3) is 0.0714. The summed E-state index contributed by atoms with van der Waals surface area (Å²) in [6.07, 6.45) is 0. The summed E-state index contributed by atoms with van der Waals surface area (Å²) >= 11 is 10.9. The molecule has 0 aromatic heterocycles. The van der Waals surface area contributed by atoms with Crippen LogP contribution in [0.5, 0.6) is 5.75 Å². The molecule has 0 heterocycles. The van der Waals surface area contributed by atoms with Crippen molar-refractivity contribution in [1.82, 2.24) is 0 Å². The normalized spacial score (nSPS) is 10.2. The third-order valence-electron chi connectivity index (χ3n) is 2.50. The number of ether oxygens (including phenoxy) is 1. The van der Waals surface area contributed by atoms with E-state index in [0.717, 1.165) is 5.56 Å². The fourth-order valence-corrected chi connectivity index (χ4v) is 2.09. The summed E-state index contributed by atoms with van der Waals surface area (Å²) in [6.45, 7) is 0.264. The first-order valence-electron chi connectivity index (χ1n) is 5.53. The van der Waals surface area contributed by atoms with Gasteiger partial charge in [-0.2, -0.15) is 0 Å². The van der Waals surface area contributed by atoms with Gasteiger partial charge in [-0.1, -0.05) is 36.0 Å². The molecule has 0 saturated carbocycles. The van der Waals surface area contributed by atoms with Crippen LogP contribution in [0.3, 0.4) is 0 Å². The van der Waals surface area contributed by atoms with Gasteiger partial charge in [0.2, 0.25) is 0 Å². The van der Waals surface area contributed by atoms with Crippen LogP contribution in [-0.2, 0) is 6.61 Å². The van der Waals surface area contributed by atoms with Gasteiger partial charge in [-0.3, -0.25) is 0 Å². The number of hydrogen-bond donors (Lipinski definition) is 1. The maximum atomic E-state index is 13.0. The molecule has 98 valence electrons. The predicted octanol–water partition coefficient (Wildman–Crippen LogP) is 3.69. The molecular weight excluding hydrogens is 285 g/mol. The predicted molar refractivity (Wildman–Crippen MR) is 78.1 cm³/mol. The molecular formula is C14H11ClFNOS. The molecule has 2 N–H and O–H groups in total. The SMILES string of the molecule is NC(=S)c1ccc(OCc2cccc(F)c2)cc1Cl. The van der Waals surface area contributed by atoms with Gasteiger partial charge in [0, 0.05) is 5.56 Å². The van der Waals surface area contributed by atoms with Crippen molar-refractivity contribution >= 4 is 28.8 Å². The van der Waals surface area contributed by atoms with E-state index in [1.165, 1.54) is 12.1 Å². The summed E-state index contributed by atoms with van der Waals surface area (Å²) in [5.41, 5.74) is 6.86. The fourth-order valence-electron chi connectivity index (χ4n) is 1.58. The van der Waals surface area contributed by atoms with Crippen LogP contribution in [0.1, 0.15) is 11.1 Å². The van der Waals surface area contributed by atoms with Crippen LogP contribution < -0.4 is 10.5 Å². The summed E-state index contributed by atoms with van der Waals surface area (Å²) in [5, 5.41) is 0.434. The maximum Gasteiger partial charge on any atom is 0.123 e. The van der Waals surface area contributed by atoms with Crippen molar-refractivity contribution in [3.05, 3.63) is 64.4 Å². The topological polar surface area (TPSA) is 35.2 Å². The van der Waals surface area contributed by atoms with Crippen LogP contribution in [0, 0.1) is 5.82 Å². The van der Waals surface area contributed by atoms with Gasteiger partial charge in [0.15, 0.2) is 0 Å². The van der Waals surface area contributed by atoms with Crippen molar-refractivity contribution in [1.29, 1.82) is 0 Å². The molecule has 0 saturated heterocycles. The van der Waals surface area contributed by atoms with E-state index in [1.807, 2.05) is 0 Å². The lowest BCUT2D eigenvalue weighted by Crippen LogP contribution is -2.09. The summed E-state index contributed by atoms with van der Waals surface area (Å²) in [7, 11) is 0. The molecule has 0 fully saturated rings. The Morgan fingerprint density at radius 1 is 1.26 bits per heavy atom. The third-order valence-corrected chi connectivity index (χ3v) is 3.03. The first kappa shape index (κ1) is 13.8. The molecule has 0 amide bonds. The first-order chi connectivity index (χ1) is 9.06. The smallest absolute Gasteiger partial charge is 0.123 e. The Morgan fingerprint density at radius 2 is 2.05 bits per heavy atom. The van der Waals surface area contributed by atoms with Gasteiger partial charge in [0.05, 0.1) is 5.02 Å². The average molecular weight is 296 g/mol. The van der Waals surface area contributed by atoms with Gasteiger partial charge in [-0.25, -0.2) is 4.39 Å². The third kappa shape index (κ3) is 3.66. The van der Waals surface area contributed by atoms with Crippen LogP contribution in [-0.4, -0.2) is 4.99 Å². The lowest BCUT2D eigenvalue weighted by molar-refractivity contribution is 0.305. The Labute approximate surface area is 120 Å². The highest BCUT2D eigenvalue weighted by Gasteiger charge is 2.05. The van der Waals surface area contributed by atoms with E-state index < -0.39 is 0 Å². The zero-order valence-corrected chi connectivity index (χ0v) is 11.5. The molecule has 0 aliphatic heterocycles. The Hall–Kier alpha value is -1.65. The number of rotatable bonds is 4. The Balaban J connectivity index is 2.08. The van der Waals surface area contributed by atoms with Crippen molar-refractivity contribution in [2.75, 3.05) is 0 Å². The zero-order chi connectivity index (χ0) is 13.8. The van der Waals surface area contributed by atoms with Crippen molar-refractivity contribution < 1.29 is 9.13 Å². The number of nitrogens with two attached hydrogens (primary N) is 1. The largest absolute Gasteiger partial charge is 0.489 e. The molecule has 2 nitrogen and oxygen atoms in total. The van der Waals surface area contributed by atoms with Gasteiger partial charge >= 0.3 is 0 Å². The van der Waals surface area contributed by atoms with E-state index in [2.05, 4.69) is 0 Å². The Bertz CT molecular complexity index is 618. The summed E-state index contributed by atoms with van der Waals surface area (Å²) in [5.74, 6) is 0.289. The molecule has 2 rings (SSSR count). The van der Waals surface area contributed by atoms with Crippen molar-refractivity contribution in [2.24, 2.45) is 5.73 Å². The molecule has 0 aliphatic rings. The quantitative estimate of drug-likeness (QED) is 0.874. The van der Waals surface area contributed by atoms with E-state index in [-0.39, 0.29) is 17.4 Å². The highest BCUT2D eigenvalue weighted by atomic mass is 35.5. The molecule has 0 spiro atoms. The second-order valence-electron chi connectivity index (χ2n) is 3.92. The van der Waals surface area contributed by atoms with Crippen LogP contribution >= 0.6 is 23.8 Å². The molecule has 0 radical (unpaired) electrons. The minimum Gasteiger partial charge on any atom is -0.489 e. The Kier molecular flexibility index (Phi) is 4.35.